The number of aryl methyl sites for hydroxylation is 3. The number of hydrogen-bond acceptors (Lipinski definition) is 3. The van der Waals surface area contributed by atoms with Crippen molar-refractivity contribution >= 4 is 11.3 Å². The first-order chi connectivity index (χ1) is 8.11. The molecule has 1 aromatic heterocycles. The summed E-state index contributed by atoms with van der Waals surface area (Å²) in [7, 11) is 0. The molecule has 2 aromatic rings. The number of rotatable bonds is 3. The molecule has 0 saturated carbocycles. The maximum Gasteiger partial charge on any atom is 0.0903 e. The monoisotopic (exact) mass is 246 g/mol. The molecule has 0 saturated heterocycles. The van der Waals surface area contributed by atoms with Gasteiger partial charge in [0.15, 0.2) is 0 Å². The first-order valence-electron chi connectivity index (χ1n) is 5.86. The van der Waals surface area contributed by atoms with Gasteiger partial charge in [0.25, 0.3) is 0 Å². The summed E-state index contributed by atoms with van der Waals surface area (Å²) in [6.45, 7) is 6.98. The van der Waals surface area contributed by atoms with Crippen molar-refractivity contribution in [1.29, 1.82) is 0 Å². The fourth-order valence-corrected chi connectivity index (χ4v) is 3.01. The van der Waals surface area contributed by atoms with Crippen LogP contribution in [-0.4, -0.2) is 11.5 Å². The second-order valence-electron chi connectivity index (χ2n) is 4.37. The highest BCUT2D eigenvalue weighted by atomic mass is 32.1. The zero-order valence-corrected chi connectivity index (χ0v) is 11.4. The third-order valence-corrected chi connectivity index (χ3v) is 3.87. The molecule has 0 radical (unpaired) electrons. The molecule has 2 N–H and O–H groups in total. The van der Waals surface area contributed by atoms with Gasteiger partial charge in [-0.05, 0) is 38.4 Å². The lowest BCUT2D eigenvalue weighted by Gasteiger charge is -2.06. The Bertz CT molecular complexity index is 529. The van der Waals surface area contributed by atoms with Gasteiger partial charge in [0, 0.05) is 6.42 Å². The van der Waals surface area contributed by atoms with Crippen molar-refractivity contribution in [3.8, 4) is 10.4 Å². The average Bonchev–Trinajstić information content (AvgIpc) is 2.64. The Balaban J connectivity index is 2.55. The molecular formula is C14H18N2S. The number of hydrogen-bond donors (Lipinski definition) is 1. The third-order valence-electron chi connectivity index (χ3n) is 2.82. The molecule has 0 aliphatic carbocycles. The van der Waals surface area contributed by atoms with Crippen LogP contribution in [0.15, 0.2) is 18.2 Å². The van der Waals surface area contributed by atoms with Gasteiger partial charge in [0.05, 0.1) is 15.6 Å². The molecule has 0 amide bonds. The molecule has 0 atom stereocenters. The minimum atomic E-state index is 0.654. The predicted octanol–water partition coefficient (Wildman–Crippen LogP) is 3.24. The molecule has 1 heterocycles. The van der Waals surface area contributed by atoms with Crippen LogP contribution < -0.4 is 5.73 Å². The SMILES string of the molecule is Cc1ccc(C)c(-c2sc(C)nc2CCN)c1. The van der Waals surface area contributed by atoms with Crippen LogP contribution in [-0.2, 0) is 6.42 Å². The van der Waals surface area contributed by atoms with Gasteiger partial charge in [0.1, 0.15) is 0 Å². The quantitative estimate of drug-likeness (QED) is 0.903. The molecule has 0 unspecified atom stereocenters. The maximum absolute atomic E-state index is 5.65. The summed E-state index contributed by atoms with van der Waals surface area (Å²) >= 11 is 1.76. The summed E-state index contributed by atoms with van der Waals surface area (Å²) < 4.78 is 0. The fourth-order valence-electron chi connectivity index (χ4n) is 1.97. The van der Waals surface area contributed by atoms with Crippen LogP contribution in [0.1, 0.15) is 21.8 Å². The molecule has 0 aliphatic heterocycles. The highest BCUT2D eigenvalue weighted by Crippen LogP contribution is 2.33. The molecule has 0 spiro atoms. The summed E-state index contributed by atoms with van der Waals surface area (Å²) in [5.41, 5.74) is 10.7. The Kier molecular flexibility index (Phi) is 3.60. The Morgan fingerprint density at radius 2 is 2.00 bits per heavy atom. The van der Waals surface area contributed by atoms with Crippen molar-refractivity contribution in [3.05, 3.63) is 40.0 Å². The van der Waals surface area contributed by atoms with Crippen LogP contribution in [0, 0.1) is 20.8 Å². The second kappa shape index (κ2) is 4.98. The van der Waals surface area contributed by atoms with Crippen molar-refractivity contribution < 1.29 is 0 Å². The van der Waals surface area contributed by atoms with E-state index in [-0.39, 0.29) is 0 Å². The van der Waals surface area contributed by atoms with E-state index in [0.29, 0.717) is 6.54 Å². The van der Waals surface area contributed by atoms with Crippen LogP contribution in [0.3, 0.4) is 0 Å². The molecule has 0 bridgehead atoms. The average molecular weight is 246 g/mol. The lowest BCUT2D eigenvalue weighted by Crippen LogP contribution is -2.04. The smallest absolute Gasteiger partial charge is 0.0903 e. The van der Waals surface area contributed by atoms with E-state index in [2.05, 4.69) is 44.0 Å². The molecule has 90 valence electrons. The molecular weight excluding hydrogens is 228 g/mol. The van der Waals surface area contributed by atoms with E-state index >= 15 is 0 Å². The van der Waals surface area contributed by atoms with Crippen molar-refractivity contribution in [3.63, 3.8) is 0 Å². The minimum absolute atomic E-state index is 0.654. The van der Waals surface area contributed by atoms with Crippen LogP contribution in [0.5, 0.6) is 0 Å². The second-order valence-corrected chi connectivity index (χ2v) is 5.57. The van der Waals surface area contributed by atoms with Crippen molar-refractivity contribution in [2.75, 3.05) is 6.54 Å². The van der Waals surface area contributed by atoms with Gasteiger partial charge in [-0.2, -0.15) is 0 Å². The van der Waals surface area contributed by atoms with Gasteiger partial charge in [-0.15, -0.1) is 11.3 Å². The molecule has 0 aliphatic rings. The predicted molar refractivity (Wildman–Crippen MR) is 74.5 cm³/mol. The molecule has 3 heteroatoms. The van der Waals surface area contributed by atoms with Crippen LogP contribution >= 0.6 is 11.3 Å². The van der Waals surface area contributed by atoms with Gasteiger partial charge in [-0.3, -0.25) is 0 Å². The normalized spacial score (nSPS) is 10.8. The highest BCUT2D eigenvalue weighted by molar-refractivity contribution is 7.15. The van der Waals surface area contributed by atoms with E-state index in [1.807, 2.05) is 0 Å². The van der Waals surface area contributed by atoms with Gasteiger partial charge in [0.2, 0.25) is 0 Å². The molecule has 1 aromatic carbocycles. The summed E-state index contributed by atoms with van der Waals surface area (Å²) in [6, 6.07) is 6.56. The van der Waals surface area contributed by atoms with Crippen molar-refractivity contribution in [1.82, 2.24) is 4.98 Å². The Morgan fingerprint density at radius 3 is 2.71 bits per heavy atom. The number of nitrogens with zero attached hydrogens (tertiary/aromatic N) is 1. The number of thiazole rings is 1. The van der Waals surface area contributed by atoms with Crippen molar-refractivity contribution in [2.45, 2.75) is 27.2 Å². The first kappa shape index (κ1) is 12.3. The van der Waals surface area contributed by atoms with Crippen LogP contribution in [0.2, 0.25) is 0 Å². The van der Waals surface area contributed by atoms with Crippen LogP contribution in [0.25, 0.3) is 10.4 Å². The van der Waals surface area contributed by atoms with E-state index in [4.69, 9.17) is 5.73 Å². The van der Waals surface area contributed by atoms with Crippen LogP contribution in [0.4, 0.5) is 0 Å². The lowest BCUT2D eigenvalue weighted by atomic mass is 10.0. The minimum Gasteiger partial charge on any atom is -0.330 e. The van der Waals surface area contributed by atoms with Gasteiger partial charge >= 0.3 is 0 Å². The van der Waals surface area contributed by atoms with E-state index in [1.54, 1.807) is 11.3 Å². The van der Waals surface area contributed by atoms with Crippen molar-refractivity contribution in [2.24, 2.45) is 5.73 Å². The zero-order valence-electron chi connectivity index (χ0n) is 10.6. The third kappa shape index (κ3) is 2.56. The van der Waals surface area contributed by atoms with E-state index in [0.717, 1.165) is 17.1 Å². The summed E-state index contributed by atoms with van der Waals surface area (Å²) in [4.78, 5) is 5.87. The largest absolute Gasteiger partial charge is 0.330 e. The highest BCUT2D eigenvalue weighted by Gasteiger charge is 2.12. The molecule has 0 fully saturated rings. The molecule has 2 rings (SSSR count). The number of aromatic nitrogens is 1. The first-order valence-corrected chi connectivity index (χ1v) is 6.67. The Hall–Kier alpha value is -1.19. The maximum atomic E-state index is 5.65. The van der Waals surface area contributed by atoms with E-state index < -0.39 is 0 Å². The van der Waals surface area contributed by atoms with Gasteiger partial charge in [-0.1, -0.05) is 23.8 Å². The molecule has 2 nitrogen and oxygen atoms in total. The lowest BCUT2D eigenvalue weighted by molar-refractivity contribution is 0.930. The topological polar surface area (TPSA) is 38.9 Å². The fraction of sp³-hybridized carbons (Fsp3) is 0.357. The summed E-state index contributed by atoms with van der Waals surface area (Å²) in [6.07, 6.45) is 0.854. The van der Waals surface area contributed by atoms with E-state index in [1.165, 1.54) is 21.6 Å². The number of benzene rings is 1. The number of nitrogens with two attached hydrogens (primary N) is 1. The molecule has 17 heavy (non-hydrogen) atoms. The summed E-state index contributed by atoms with van der Waals surface area (Å²) in [5.74, 6) is 0. The Morgan fingerprint density at radius 1 is 1.24 bits per heavy atom. The standard InChI is InChI=1S/C14H18N2S/c1-9-4-5-10(2)12(8-9)14-13(6-7-15)16-11(3)17-14/h4-5,8H,6-7,15H2,1-3H3. The summed E-state index contributed by atoms with van der Waals surface area (Å²) in [5, 5.41) is 1.12. The Labute approximate surface area is 107 Å². The van der Waals surface area contributed by atoms with E-state index in [9.17, 15) is 0 Å². The van der Waals surface area contributed by atoms with Gasteiger partial charge in [-0.25, -0.2) is 4.98 Å². The zero-order chi connectivity index (χ0) is 12.4. The van der Waals surface area contributed by atoms with Gasteiger partial charge < -0.3 is 5.73 Å².